The maximum Gasteiger partial charge on any atom is 0.270 e. The molecule has 0 aliphatic carbocycles. The van der Waals surface area contributed by atoms with E-state index >= 15 is 0 Å². The number of hydrogen-bond acceptors (Lipinski definition) is 6. The van der Waals surface area contributed by atoms with Crippen molar-refractivity contribution in [1.82, 2.24) is 4.31 Å². The number of nitro benzene ring substituents is 1. The Balaban J connectivity index is 2.53. The van der Waals surface area contributed by atoms with Gasteiger partial charge in [0.2, 0.25) is 0 Å². The lowest BCUT2D eigenvalue weighted by Crippen LogP contribution is -2.31. The van der Waals surface area contributed by atoms with Crippen molar-refractivity contribution < 1.29 is 22.9 Å². The number of sulfonamides is 1. The predicted molar refractivity (Wildman–Crippen MR) is 62.0 cm³/mol. The lowest BCUT2D eigenvalue weighted by atomic mass is 10.2. The summed E-state index contributed by atoms with van der Waals surface area (Å²) in [7, 11) is -4.01. The van der Waals surface area contributed by atoms with Crippen LogP contribution in [0.3, 0.4) is 0 Å². The zero-order valence-electron chi connectivity index (χ0n) is 9.48. The molecule has 1 aromatic carbocycles. The highest BCUT2D eigenvalue weighted by atomic mass is 32.2. The number of nitro groups is 1. The summed E-state index contributed by atoms with van der Waals surface area (Å²) in [4.78, 5) is 31.8. The van der Waals surface area contributed by atoms with Crippen molar-refractivity contribution in [3.05, 3.63) is 33.9 Å². The Morgan fingerprint density at radius 3 is 2.63 bits per heavy atom. The van der Waals surface area contributed by atoms with E-state index in [0.29, 0.717) is 10.6 Å². The van der Waals surface area contributed by atoms with Crippen molar-refractivity contribution in [2.45, 2.75) is 11.3 Å². The van der Waals surface area contributed by atoms with Crippen LogP contribution in [-0.2, 0) is 14.8 Å². The van der Waals surface area contributed by atoms with Crippen molar-refractivity contribution >= 4 is 27.9 Å². The Kier molecular flexibility index (Phi) is 3.06. The topological polar surface area (TPSA) is 115 Å². The highest BCUT2D eigenvalue weighted by Gasteiger charge is 2.41. The third-order valence-corrected chi connectivity index (χ3v) is 4.49. The van der Waals surface area contributed by atoms with Crippen LogP contribution in [0.25, 0.3) is 0 Å². The summed E-state index contributed by atoms with van der Waals surface area (Å²) in [6, 6.07) is 2.98. The van der Waals surface area contributed by atoms with Gasteiger partial charge in [-0.3, -0.25) is 14.9 Å². The number of carbonyl (C=O) groups excluding carboxylic acids is 2. The number of carbonyl (C=O) groups is 2. The van der Waals surface area contributed by atoms with Gasteiger partial charge in [0.15, 0.2) is 0 Å². The van der Waals surface area contributed by atoms with Gasteiger partial charge in [-0.2, -0.15) is 0 Å². The Morgan fingerprint density at radius 2 is 2.05 bits per heavy atom. The van der Waals surface area contributed by atoms with E-state index in [2.05, 4.69) is 0 Å². The van der Waals surface area contributed by atoms with E-state index < -0.39 is 20.9 Å². The van der Waals surface area contributed by atoms with Crippen LogP contribution in [0, 0.1) is 10.1 Å². The van der Waals surface area contributed by atoms with Crippen LogP contribution >= 0.6 is 0 Å². The van der Waals surface area contributed by atoms with Crippen LogP contribution in [-0.4, -0.2) is 36.4 Å². The molecule has 100 valence electrons. The quantitative estimate of drug-likeness (QED) is 0.447. The molecule has 1 aliphatic heterocycles. The van der Waals surface area contributed by atoms with E-state index in [4.69, 9.17) is 0 Å². The first-order valence-corrected chi connectivity index (χ1v) is 6.62. The van der Waals surface area contributed by atoms with Crippen LogP contribution in [0.2, 0.25) is 0 Å². The molecule has 1 aromatic rings. The fourth-order valence-corrected chi connectivity index (χ4v) is 3.34. The third-order valence-electron chi connectivity index (χ3n) is 2.65. The number of aldehydes is 1. The molecule has 0 saturated heterocycles. The van der Waals surface area contributed by atoms with E-state index in [0.717, 1.165) is 18.2 Å². The molecule has 1 aliphatic rings. The smallest absolute Gasteiger partial charge is 0.270 e. The van der Waals surface area contributed by atoms with Crippen LogP contribution in [0.15, 0.2) is 23.1 Å². The molecular weight excluding hydrogens is 276 g/mol. The zero-order chi connectivity index (χ0) is 14.2. The molecule has 0 N–H and O–H groups in total. The molecule has 0 unspecified atom stereocenters. The fourth-order valence-electron chi connectivity index (χ4n) is 1.78. The summed E-state index contributed by atoms with van der Waals surface area (Å²) < 4.78 is 24.6. The predicted octanol–water partition coefficient (Wildman–Crippen LogP) is 0.328. The maximum absolute atomic E-state index is 12.0. The van der Waals surface area contributed by atoms with Gasteiger partial charge >= 0.3 is 0 Å². The number of nitrogens with zero attached hydrogens (tertiary/aromatic N) is 2. The van der Waals surface area contributed by atoms with Gasteiger partial charge in [-0.1, -0.05) is 0 Å². The van der Waals surface area contributed by atoms with Crippen molar-refractivity contribution in [1.29, 1.82) is 0 Å². The zero-order valence-corrected chi connectivity index (χ0v) is 10.3. The van der Waals surface area contributed by atoms with Crippen molar-refractivity contribution in [2.75, 3.05) is 6.54 Å². The van der Waals surface area contributed by atoms with Gasteiger partial charge in [-0.05, 0) is 6.07 Å². The number of amides is 1. The maximum atomic E-state index is 12.0. The van der Waals surface area contributed by atoms with E-state index in [1.165, 1.54) is 0 Å². The highest BCUT2D eigenvalue weighted by molar-refractivity contribution is 7.90. The molecule has 0 saturated carbocycles. The van der Waals surface area contributed by atoms with Crippen molar-refractivity contribution in [3.8, 4) is 0 Å². The second kappa shape index (κ2) is 4.43. The first kappa shape index (κ1) is 13.1. The van der Waals surface area contributed by atoms with Crippen LogP contribution in [0.5, 0.6) is 0 Å². The molecular formula is C10H8N2O6S. The number of hydrogen-bond donors (Lipinski definition) is 0. The standard InChI is InChI=1S/C10H8N2O6S/c13-5-1-4-11-10(14)8-6-7(12(15)16)2-3-9(8)19(11,17)18/h2-3,5-6H,1,4H2. The Hall–Kier alpha value is -2.29. The molecule has 9 heteroatoms. The second-order valence-electron chi connectivity index (χ2n) is 3.78. The van der Waals surface area contributed by atoms with Crippen molar-refractivity contribution in [2.24, 2.45) is 0 Å². The molecule has 0 atom stereocenters. The summed E-state index contributed by atoms with van der Waals surface area (Å²) in [5.41, 5.74) is -0.598. The summed E-state index contributed by atoms with van der Waals surface area (Å²) in [5, 5.41) is 10.6. The first-order valence-electron chi connectivity index (χ1n) is 5.18. The fraction of sp³-hybridized carbons (Fsp3) is 0.200. The lowest BCUT2D eigenvalue weighted by molar-refractivity contribution is -0.384. The molecule has 1 heterocycles. The average molecular weight is 284 g/mol. The lowest BCUT2D eigenvalue weighted by Gasteiger charge is -2.12. The molecule has 0 fully saturated rings. The Labute approximate surface area is 107 Å². The van der Waals surface area contributed by atoms with Crippen LogP contribution in [0.4, 0.5) is 5.69 Å². The second-order valence-corrected chi connectivity index (χ2v) is 5.61. The van der Waals surface area contributed by atoms with Gasteiger partial charge < -0.3 is 4.79 Å². The Morgan fingerprint density at radius 1 is 1.37 bits per heavy atom. The molecule has 19 heavy (non-hydrogen) atoms. The molecule has 0 spiro atoms. The van der Waals surface area contributed by atoms with E-state index in [9.17, 15) is 28.1 Å². The van der Waals surface area contributed by atoms with Gasteiger partial charge in [0.1, 0.15) is 11.2 Å². The highest BCUT2D eigenvalue weighted by Crippen LogP contribution is 2.32. The normalized spacial score (nSPS) is 16.2. The molecule has 0 aromatic heterocycles. The monoisotopic (exact) mass is 284 g/mol. The molecule has 0 bridgehead atoms. The molecule has 0 radical (unpaired) electrons. The van der Waals surface area contributed by atoms with Gasteiger partial charge in [0.05, 0.1) is 10.5 Å². The number of fused-ring (bicyclic) bond motifs is 1. The SMILES string of the molecule is O=CCCN1C(=O)c2cc([N+](=O)[O-])ccc2S1(=O)=O. The van der Waals surface area contributed by atoms with E-state index in [1.807, 2.05) is 0 Å². The minimum absolute atomic E-state index is 0.124. The first-order chi connectivity index (χ1) is 8.89. The Bertz CT molecular complexity index is 681. The van der Waals surface area contributed by atoms with Gasteiger partial charge in [-0.15, -0.1) is 0 Å². The number of non-ortho nitro benzene ring substituents is 1. The van der Waals surface area contributed by atoms with E-state index in [-0.39, 0.29) is 29.1 Å². The summed E-state index contributed by atoms with van der Waals surface area (Å²) in [5.74, 6) is -0.847. The van der Waals surface area contributed by atoms with Crippen LogP contribution < -0.4 is 0 Å². The number of rotatable bonds is 4. The van der Waals surface area contributed by atoms with Crippen LogP contribution in [0.1, 0.15) is 16.8 Å². The third kappa shape index (κ3) is 1.97. The van der Waals surface area contributed by atoms with Gasteiger partial charge in [-0.25, -0.2) is 12.7 Å². The number of benzene rings is 1. The van der Waals surface area contributed by atoms with Crippen molar-refractivity contribution in [3.63, 3.8) is 0 Å². The largest absolute Gasteiger partial charge is 0.303 e. The molecule has 2 rings (SSSR count). The summed E-state index contributed by atoms with van der Waals surface area (Å²) in [6.45, 7) is -0.271. The summed E-state index contributed by atoms with van der Waals surface area (Å²) in [6.07, 6.45) is 0.370. The average Bonchev–Trinajstić information content (AvgIpc) is 2.55. The molecule has 8 nitrogen and oxygen atoms in total. The minimum Gasteiger partial charge on any atom is -0.303 e. The van der Waals surface area contributed by atoms with E-state index in [1.54, 1.807) is 0 Å². The van der Waals surface area contributed by atoms with Gasteiger partial charge in [0.25, 0.3) is 21.6 Å². The molecule has 1 amide bonds. The van der Waals surface area contributed by atoms with Gasteiger partial charge in [0, 0.05) is 25.1 Å². The summed E-state index contributed by atoms with van der Waals surface area (Å²) >= 11 is 0. The minimum atomic E-state index is -4.01.